The van der Waals surface area contributed by atoms with E-state index in [9.17, 15) is 0 Å². The molecule has 1 aromatic heterocycles. The van der Waals surface area contributed by atoms with Gasteiger partial charge in [-0.25, -0.2) is 4.57 Å². The fraction of sp³-hybridized carbons (Fsp3) is 0.214. The van der Waals surface area contributed by atoms with Crippen LogP contribution in [0.5, 0.6) is 0 Å². The quantitative estimate of drug-likeness (QED) is 0.617. The maximum Gasteiger partial charge on any atom is 0.170 e. The van der Waals surface area contributed by atoms with E-state index in [0.717, 1.165) is 17.9 Å². The first-order valence-corrected chi connectivity index (χ1v) is 5.61. The third-order valence-electron chi connectivity index (χ3n) is 2.56. The summed E-state index contributed by atoms with van der Waals surface area (Å²) in [5.41, 5.74) is 3.52. The molecule has 0 spiro atoms. The van der Waals surface area contributed by atoms with E-state index in [-0.39, 0.29) is 24.0 Å². The predicted molar refractivity (Wildman–Crippen MR) is 66.8 cm³/mol. The minimum absolute atomic E-state index is 0. The normalized spacial score (nSPS) is 9.53. The van der Waals surface area contributed by atoms with Gasteiger partial charge in [-0.05, 0) is 31.5 Å². The molecule has 1 N–H and O–H groups in total. The standard InChI is InChI=1S/C14H16N2.HI/c1-3-16-9-7-13(8-10-16)15-14-6-4-5-12(2)11-14;/h4-11H,3H2,1-2H3;1H. The van der Waals surface area contributed by atoms with Crippen molar-refractivity contribution < 1.29 is 28.5 Å². The van der Waals surface area contributed by atoms with Gasteiger partial charge in [0.25, 0.3) is 0 Å². The van der Waals surface area contributed by atoms with Gasteiger partial charge in [0.15, 0.2) is 12.4 Å². The van der Waals surface area contributed by atoms with Crippen molar-refractivity contribution in [3.63, 3.8) is 0 Å². The van der Waals surface area contributed by atoms with Crippen LogP contribution in [0.2, 0.25) is 0 Å². The highest BCUT2D eigenvalue weighted by Gasteiger charge is 1.98. The summed E-state index contributed by atoms with van der Waals surface area (Å²) in [6.07, 6.45) is 4.16. The van der Waals surface area contributed by atoms with Gasteiger partial charge in [0, 0.05) is 17.8 Å². The number of hydrogen-bond acceptors (Lipinski definition) is 1. The van der Waals surface area contributed by atoms with Crippen LogP contribution in [0.25, 0.3) is 0 Å². The van der Waals surface area contributed by atoms with Crippen molar-refractivity contribution in [3.05, 3.63) is 54.4 Å². The van der Waals surface area contributed by atoms with Crippen molar-refractivity contribution in [2.75, 3.05) is 5.32 Å². The van der Waals surface area contributed by atoms with E-state index in [4.69, 9.17) is 0 Å². The Morgan fingerprint density at radius 1 is 1.06 bits per heavy atom. The molecule has 0 aliphatic carbocycles. The second kappa shape index (κ2) is 6.59. The summed E-state index contributed by atoms with van der Waals surface area (Å²) < 4.78 is 2.14. The Balaban J connectivity index is 0.00000144. The van der Waals surface area contributed by atoms with Crippen molar-refractivity contribution in [2.24, 2.45) is 0 Å². The summed E-state index contributed by atoms with van der Waals surface area (Å²) in [6.45, 7) is 5.24. The number of nitrogens with zero attached hydrogens (tertiary/aromatic N) is 1. The molecule has 2 aromatic rings. The Hall–Kier alpha value is -1.10. The molecule has 0 atom stereocenters. The topological polar surface area (TPSA) is 15.9 Å². The number of anilines is 2. The molecule has 0 fully saturated rings. The van der Waals surface area contributed by atoms with E-state index in [2.05, 4.69) is 72.5 Å². The summed E-state index contributed by atoms with van der Waals surface area (Å²) in [7, 11) is 0. The molecule has 0 aliphatic rings. The molecular weight excluding hydrogens is 323 g/mol. The number of aryl methyl sites for hydroxylation is 2. The summed E-state index contributed by atoms with van der Waals surface area (Å²) >= 11 is 0. The van der Waals surface area contributed by atoms with Gasteiger partial charge in [0.2, 0.25) is 0 Å². The van der Waals surface area contributed by atoms with Crippen LogP contribution in [0.1, 0.15) is 12.5 Å². The molecule has 90 valence electrons. The Labute approximate surface area is 120 Å². The fourth-order valence-corrected chi connectivity index (χ4v) is 1.64. The minimum Gasteiger partial charge on any atom is -1.00 e. The molecule has 17 heavy (non-hydrogen) atoms. The second-order valence-corrected chi connectivity index (χ2v) is 3.91. The largest absolute Gasteiger partial charge is 1.00 e. The van der Waals surface area contributed by atoms with E-state index in [1.165, 1.54) is 5.56 Å². The van der Waals surface area contributed by atoms with Gasteiger partial charge in [-0.3, -0.25) is 0 Å². The molecule has 0 amide bonds. The highest BCUT2D eigenvalue weighted by Crippen LogP contribution is 2.15. The van der Waals surface area contributed by atoms with Crippen LogP contribution in [0.3, 0.4) is 0 Å². The van der Waals surface area contributed by atoms with Crippen molar-refractivity contribution in [1.82, 2.24) is 0 Å². The lowest BCUT2D eigenvalue weighted by Crippen LogP contribution is -3.00. The molecule has 0 saturated carbocycles. The number of halogens is 1. The SMILES string of the molecule is CC[n+]1ccc(Nc2cccc(C)c2)cc1.[I-]. The van der Waals surface area contributed by atoms with E-state index in [1.807, 2.05) is 0 Å². The number of pyridine rings is 1. The number of aromatic nitrogens is 1. The van der Waals surface area contributed by atoms with Crippen LogP contribution < -0.4 is 33.9 Å². The van der Waals surface area contributed by atoms with Crippen LogP contribution in [-0.2, 0) is 6.54 Å². The lowest BCUT2D eigenvalue weighted by atomic mass is 10.2. The van der Waals surface area contributed by atoms with Gasteiger partial charge >= 0.3 is 0 Å². The first-order valence-electron chi connectivity index (χ1n) is 5.61. The predicted octanol–water partition coefficient (Wildman–Crippen LogP) is 0.0500. The molecule has 2 rings (SSSR count). The molecule has 0 unspecified atom stereocenters. The molecule has 1 heterocycles. The summed E-state index contributed by atoms with van der Waals surface area (Å²) in [4.78, 5) is 0. The number of rotatable bonds is 3. The number of benzene rings is 1. The lowest BCUT2D eigenvalue weighted by molar-refractivity contribution is -0.693. The van der Waals surface area contributed by atoms with Gasteiger partial charge in [-0.15, -0.1) is 0 Å². The molecular formula is C14H17IN2. The monoisotopic (exact) mass is 340 g/mol. The van der Waals surface area contributed by atoms with Gasteiger partial charge in [0.1, 0.15) is 6.54 Å². The fourth-order valence-electron chi connectivity index (χ4n) is 1.64. The minimum atomic E-state index is 0. The van der Waals surface area contributed by atoms with E-state index in [0.29, 0.717) is 0 Å². The lowest BCUT2D eigenvalue weighted by Gasteiger charge is -2.05. The molecule has 2 nitrogen and oxygen atoms in total. The Bertz CT molecular complexity index is 466. The molecule has 0 aliphatic heterocycles. The smallest absolute Gasteiger partial charge is 0.170 e. The van der Waals surface area contributed by atoms with Crippen molar-refractivity contribution in [3.8, 4) is 0 Å². The Morgan fingerprint density at radius 3 is 2.35 bits per heavy atom. The summed E-state index contributed by atoms with van der Waals surface area (Å²) in [6, 6.07) is 12.6. The highest BCUT2D eigenvalue weighted by molar-refractivity contribution is 5.59. The molecule has 0 saturated heterocycles. The van der Waals surface area contributed by atoms with Crippen LogP contribution in [0, 0.1) is 6.92 Å². The second-order valence-electron chi connectivity index (χ2n) is 3.91. The first kappa shape index (κ1) is 14.0. The zero-order chi connectivity index (χ0) is 11.4. The third kappa shape index (κ3) is 4.00. The number of hydrogen-bond donors (Lipinski definition) is 1. The average Bonchev–Trinajstić information content (AvgIpc) is 2.30. The van der Waals surface area contributed by atoms with Crippen LogP contribution in [0.15, 0.2) is 48.8 Å². The maximum absolute atomic E-state index is 3.38. The molecule has 0 radical (unpaired) electrons. The molecule has 3 heteroatoms. The summed E-state index contributed by atoms with van der Waals surface area (Å²) in [5.74, 6) is 0. The van der Waals surface area contributed by atoms with E-state index in [1.54, 1.807) is 0 Å². The van der Waals surface area contributed by atoms with Gasteiger partial charge in [0.05, 0.1) is 5.69 Å². The molecule has 0 bridgehead atoms. The van der Waals surface area contributed by atoms with E-state index < -0.39 is 0 Å². The van der Waals surface area contributed by atoms with Crippen LogP contribution in [-0.4, -0.2) is 0 Å². The Morgan fingerprint density at radius 2 is 1.76 bits per heavy atom. The van der Waals surface area contributed by atoms with Crippen molar-refractivity contribution in [1.29, 1.82) is 0 Å². The van der Waals surface area contributed by atoms with Gasteiger partial charge in [-0.1, -0.05) is 12.1 Å². The van der Waals surface area contributed by atoms with E-state index >= 15 is 0 Å². The Kier molecular flexibility index (Phi) is 5.41. The third-order valence-corrected chi connectivity index (χ3v) is 2.56. The van der Waals surface area contributed by atoms with Gasteiger partial charge < -0.3 is 29.3 Å². The zero-order valence-electron chi connectivity index (χ0n) is 10.2. The number of nitrogens with one attached hydrogen (secondary N) is 1. The average molecular weight is 340 g/mol. The van der Waals surface area contributed by atoms with Crippen LogP contribution in [0.4, 0.5) is 11.4 Å². The summed E-state index contributed by atoms with van der Waals surface area (Å²) in [5, 5.41) is 3.38. The van der Waals surface area contributed by atoms with Crippen molar-refractivity contribution >= 4 is 11.4 Å². The maximum atomic E-state index is 3.38. The zero-order valence-corrected chi connectivity index (χ0v) is 12.3. The first-order chi connectivity index (χ1) is 7.78. The van der Waals surface area contributed by atoms with Crippen LogP contribution >= 0.6 is 0 Å². The molecule has 1 aromatic carbocycles. The highest BCUT2D eigenvalue weighted by atomic mass is 127. The van der Waals surface area contributed by atoms with Crippen molar-refractivity contribution in [2.45, 2.75) is 20.4 Å². The van der Waals surface area contributed by atoms with Gasteiger partial charge in [-0.2, -0.15) is 0 Å².